The van der Waals surface area contributed by atoms with Gasteiger partial charge in [-0.25, -0.2) is 4.99 Å². The van der Waals surface area contributed by atoms with Gasteiger partial charge in [0.15, 0.2) is 0 Å². The first-order valence-corrected chi connectivity index (χ1v) is 4.18. The fourth-order valence-corrected chi connectivity index (χ4v) is 1.37. The molecule has 1 aliphatic heterocycles. The summed E-state index contributed by atoms with van der Waals surface area (Å²) in [5, 5.41) is 2.47. The number of thiazole rings is 1. The third kappa shape index (κ3) is 1.26. The van der Waals surface area contributed by atoms with Crippen LogP contribution in [0.15, 0.2) is 22.4 Å². The minimum Gasteiger partial charge on any atom is -0.311 e. The predicted molar refractivity (Wildman–Crippen MR) is 46.7 cm³/mol. The van der Waals surface area contributed by atoms with E-state index < -0.39 is 0 Å². The third-order valence-corrected chi connectivity index (χ3v) is 2.08. The smallest absolute Gasteiger partial charge is 0.275 e. The van der Waals surface area contributed by atoms with Gasteiger partial charge in [-0.2, -0.15) is 0 Å². The summed E-state index contributed by atoms with van der Waals surface area (Å²) in [5.41, 5.74) is 2.14. The van der Waals surface area contributed by atoms with Crippen LogP contribution in [0.1, 0.15) is 4.88 Å². The van der Waals surface area contributed by atoms with Crippen LogP contribution in [0.3, 0.4) is 0 Å². The van der Waals surface area contributed by atoms with Crippen molar-refractivity contribution >= 4 is 29.7 Å². The number of rotatable bonds is 1. The molecular formula is C7H5N3OS. The normalized spacial score (nSPS) is 18.7. The zero-order valence-electron chi connectivity index (χ0n) is 6.02. The molecule has 12 heavy (non-hydrogen) atoms. The van der Waals surface area contributed by atoms with Gasteiger partial charge in [0.25, 0.3) is 5.91 Å². The number of amides is 1. The van der Waals surface area contributed by atoms with Crippen LogP contribution in [-0.2, 0) is 4.79 Å². The molecule has 0 saturated heterocycles. The minimum absolute atomic E-state index is 0.164. The Morgan fingerprint density at radius 3 is 3.08 bits per heavy atom. The molecule has 1 aromatic heterocycles. The van der Waals surface area contributed by atoms with Crippen LogP contribution in [0.2, 0.25) is 0 Å². The van der Waals surface area contributed by atoms with Crippen molar-refractivity contribution in [2.75, 3.05) is 0 Å². The molecule has 0 spiro atoms. The Kier molecular flexibility index (Phi) is 1.71. The molecule has 0 unspecified atom stereocenters. The fraction of sp³-hybridized carbons (Fsp3) is 0. The fourth-order valence-electron chi connectivity index (χ4n) is 0.827. The highest BCUT2D eigenvalue weighted by Gasteiger charge is 2.11. The second kappa shape index (κ2) is 2.86. The van der Waals surface area contributed by atoms with Gasteiger partial charge in [0, 0.05) is 11.1 Å². The zero-order chi connectivity index (χ0) is 8.39. The SMILES string of the molecule is O=C1NC=NC1=Cc1cncs1. The van der Waals surface area contributed by atoms with E-state index in [1.54, 1.807) is 17.8 Å². The van der Waals surface area contributed by atoms with Crippen LogP contribution in [-0.4, -0.2) is 17.2 Å². The molecule has 0 aliphatic carbocycles. The maximum atomic E-state index is 11.0. The summed E-state index contributed by atoms with van der Waals surface area (Å²) in [4.78, 5) is 19.6. The Balaban J connectivity index is 2.29. The first-order chi connectivity index (χ1) is 5.86. The highest BCUT2D eigenvalue weighted by atomic mass is 32.1. The number of aliphatic imine (C=N–C) groups is 1. The Labute approximate surface area is 72.7 Å². The van der Waals surface area contributed by atoms with E-state index in [1.165, 1.54) is 17.7 Å². The van der Waals surface area contributed by atoms with E-state index in [9.17, 15) is 4.79 Å². The van der Waals surface area contributed by atoms with Gasteiger partial charge < -0.3 is 5.32 Å². The lowest BCUT2D eigenvalue weighted by molar-refractivity contribution is -0.115. The van der Waals surface area contributed by atoms with Gasteiger partial charge in [-0.05, 0) is 6.08 Å². The van der Waals surface area contributed by atoms with Gasteiger partial charge in [-0.1, -0.05) is 0 Å². The molecule has 0 fully saturated rings. The number of nitrogens with zero attached hydrogens (tertiary/aromatic N) is 2. The summed E-state index contributed by atoms with van der Waals surface area (Å²) in [6, 6.07) is 0. The number of carbonyl (C=O) groups excluding carboxylic acids is 1. The zero-order valence-corrected chi connectivity index (χ0v) is 6.84. The van der Waals surface area contributed by atoms with Crippen LogP contribution >= 0.6 is 11.3 Å². The topological polar surface area (TPSA) is 54.4 Å². The van der Waals surface area contributed by atoms with E-state index >= 15 is 0 Å². The Hall–Kier alpha value is -1.49. The number of hydrogen-bond acceptors (Lipinski definition) is 4. The summed E-state index contributed by atoms with van der Waals surface area (Å²) < 4.78 is 0. The molecule has 1 aliphatic rings. The summed E-state index contributed by atoms with van der Waals surface area (Å²) in [7, 11) is 0. The molecule has 0 saturated carbocycles. The standard InChI is InChI=1S/C7H5N3OS/c11-7-6(9-3-10-7)1-5-2-8-4-12-5/h1-4H,(H,9,10,11). The first-order valence-electron chi connectivity index (χ1n) is 3.30. The van der Waals surface area contributed by atoms with Crippen LogP contribution in [0.4, 0.5) is 0 Å². The molecule has 2 heterocycles. The van der Waals surface area contributed by atoms with Gasteiger partial charge in [-0.3, -0.25) is 9.78 Å². The molecule has 0 bridgehead atoms. The van der Waals surface area contributed by atoms with E-state index in [1.807, 2.05) is 0 Å². The lowest BCUT2D eigenvalue weighted by Crippen LogP contribution is -2.14. The molecule has 4 nitrogen and oxygen atoms in total. The average molecular weight is 179 g/mol. The van der Waals surface area contributed by atoms with Gasteiger partial charge in [0.2, 0.25) is 0 Å². The van der Waals surface area contributed by atoms with Crippen molar-refractivity contribution in [3.63, 3.8) is 0 Å². The van der Waals surface area contributed by atoms with Crippen molar-refractivity contribution in [2.45, 2.75) is 0 Å². The van der Waals surface area contributed by atoms with E-state index in [0.29, 0.717) is 5.70 Å². The molecule has 1 amide bonds. The molecule has 0 aromatic carbocycles. The minimum atomic E-state index is -0.164. The van der Waals surface area contributed by atoms with E-state index in [-0.39, 0.29) is 5.91 Å². The van der Waals surface area contributed by atoms with Gasteiger partial charge in [0.05, 0.1) is 11.8 Å². The van der Waals surface area contributed by atoms with Crippen LogP contribution in [0, 0.1) is 0 Å². The average Bonchev–Trinajstić information content (AvgIpc) is 2.65. The third-order valence-electron chi connectivity index (χ3n) is 1.36. The van der Waals surface area contributed by atoms with E-state index in [2.05, 4.69) is 15.3 Å². The summed E-state index contributed by atoms with van der Waals surface area (Å²) >= 11 is 1.47. The predicted octanol–water partition coefficient (Wildman–Crippen LogP) is 0.642. The maximum absolute atomic E-state index is 11.0. The molecule has 2 rings (SSSR count). The lowest BCUT2D eigenvalue weighted by atomic mass is 10.4. The summed E-state index contributed by atoms with van der Waals surface area (Å²) in [5.74, 6) is -0.164. The molecular weight excluding hydrogens is 174 g/mol. The maximum Gasteiger partial charge on any atom is 0.275 e. The van der Waals surface area contributed by atoms with Gasteiger partial charge >= 0.3 is 0 Å². The van der Waals surface area contributed by atoms with Crippen LogP contribution in [0.5, 0.6) is 0 Å². The largest absolute Gasteiger partial charge is 0.311 e. The van der Waals surface area contributed by atoms with Crippen LogP contribution in [0.25, 0.3) is 6.08 Å². The number of aromatic nitrogens is 1. The monoisotopic (exact) mass is 179 g/mol. The van der Waals surface area contributed by atoms with E-state index in [0.717, 1.165) is 4.88 Å². The lowest BCUT2D eigenvalue weighted by Gasteiger charge is -1.87. The molecule has 5 heteroatoms. The van der Waals surface area contributed by atoms with Crippen molar-refractivity contribution in [1.82, 2.24) is 10.3 Å². The van der Waals surface area contributed by atoms with E-state index in [4.69, 9.17) is 0 Å². The van der Waals surface area contributed by atoms with Crippen molar-refractivity contribution in [2.24, 2.45) is 4.99 Å². The Morgan fingerprint density at radius 2 is 2.50 bits per heavy atom. The van der Waals surface area contributed by atoms with Gasteiger partial charge in [-0.15, -0.1) is 11.3 Å². The number of carbonyl (C=O) groups is 1. The van der Waals surface area contributed by atoms with Crippen molar-refractivity contribution in [3.05, 3.63) is 22.3 Å². The molecule has 0 atom stereocenters. The molecule has 1 N–H and O–H groups in total. The number of nitrogens with one attached hydrogen (secondary N) is 1. The van der Waals surface area contributed by atoms with Crippen molar-refractivity contribution in [1.29, 1.82) is 0 Å². The van der Waals surface area contributed by atoms with Crippen molar-refractivity contribution in [3.8, 4) is 0 Å². The highest BCUT2D eigenvalue weighted by Crippen LogP contribution is 2.13. The summed E-state index contributed by atoms with van der Waals surface area (Å²) in [6.45, 7) is 0. The highest BCUT2D eigenvalue weighted by molar-refractivity contribution is 7.10. The number of hydrogen-bond donors (Lipinski definition) is 1. The Morgan fingerprint density at radius 1 is 1.58 bits per heavy atom. The second-order valence-corrected chi connectivity index (χ2v) is 3.08. The second-order valence-electron chi connectivity index (χ2n) is 2.17. The first kappa shape index (κ1) is 7.17. The molecule has 0 radical (unpaired) electrons. The van der Waals surface area contributed by atoms with Crippen molar-refractivity contribution < 1.29 is 4.79 Å². The molecule has 60 valence electrons. The van der Waals surface area contributed by atoms with Gasteiger partial charge in [0.1, 0.15) is 5.70 Å². The van der Waals surface area contributed by atoms with Crippen LogP contribution < -0.4 is 5.32 Å². The molecule has 1 aromatic rings. The quantitative estimate of drug-likeness (QED) is 0.643. The summed E-state index contributed by atoms with van der Waals surface area (Å²) in [6.07, 6.45) is 4.78. The Bertz CT molecular complexity index is 353.